The Hall–Kier alpha value is -1.41. The number of hydrogen-bond acceptors (Lipinski definition) is 2. The van der Waals surface area contributed by atoms with Gasteiger partial charge in [-0.15, -0.1) is 0 Å². The maximum atomic E-state index is 12.3. The molecule has 26 heavy (non-hydrogen) atoms. The van der Waals surface area contributed by atoms with Crippen molar-refractivity contribution < 1.29 is 9.90 Å². The first-order valence-corrected chi connectivity index (χ1v) is 10.6. The molecule has 1 aromatic rings. The molecule has 3 unspecified atom stereocenters. The van der Waals surface area contributed by atoms with E-state index in [1.54, 1.807) is 0 Å². The van der Waals surface area contributed by atoms with Gasteiger partial charge in [0, 0.05) is 12.3 Å². The Morgan fingerprint density at radius 3 is 2.50 bits per heavy atom. The summed E-state index contributed by atoms with van der Waals surface area (Å²) in [5, 5.41) is 10.3. The van der Waals surface area contributed by atoms with E-state index in [1.807, 2.05) is 0 Å². The van der Waals surface area contributed by atoms with E-state index in [9.17, 15) is 9.90 Å². The molecular weight excluding hydrogens is 320 g/mol. The van der Waals surface area contributed by atoms with Gasteiger partial charge in [-0.2, -0.15) is 0 Å². The Morgan fingerprint density at radius 2 is 1.81 bits per heavy atom. The number of allylic oxidation sites excluding steroid dienone is 2. The minimum absolute atomic E-state index is 0.133. The van der Waals surface area contributed by atoms with Crippen molar-refractivity contribution in [3.05, 3.63) is 47.5 Å². The van der Waals surface area contributed by atoms with Gasteiger partial charge in [-0.3, -0.25) is 4.79 Å². The van der Waals surface area contributed by atoms with Crippen LogP contribution in [0.2, 0.25) is 0 Å². The predicted molar refractivity (Wildman–Crippen MR) is 109 cm³/mol. The van der Waals surface area contributed by atoms with Crippen LogP contribution in [0.25, 0.3) is 0 Å². The average Bonchev–Trinajstić information content (AvgIpc) is 3.02. The van der Waals surface area contributed by atoms with Gasteiger partial charge in [-0.25, -0.2) is 0 Å². The Bertz CT molecular complexity index is 558. The lowest BCUT2D eigenvalue weighted by Gasteiger charge is -2.19. The molecule has 144 valence electrons. The maximum Gasteiger partial charge on any atom is 0.136 e. The quantitative estimate of drug-likeness (QED) is 0.363. The molecule has 1 aliphatic rings. The van der Waals surface area contributed by atoms with E-state index in [1.165, 1.54) is 31.2 Å². The Kier molecular flexibility index (Phi) is 9.11. The van der Waals surface area contributed by atoms with Crippen molar-refractivity contribution in [2.24, 2.45) is 5.92 Å². The second kappa shape index (κ2) is 11.3. The fraction of sp³-hybridized carbons (Fsp3) is 0.625. The van der Waals surface area contributed by atoms with Gasteiger partial charge in [-0.05, 0) is 42.7 Å². The van der Waals surface area contributed by atoms with Gasteiger partial charge < -0.3 is 5.11 Å². The number of Topliss-reactive ketones (excluding diaryl/α,β-unsaturated/α-hetero) is 1. The lowest BCUT2D eigenvalue weighted by atomic mass is 9.85. The molecule has 1 fully saturated rings. The van der Waals surface area contributed by atoms with Crippen LogP contribution in [0.1, 0.15) is 101 Å². The van der Waals surface area contributed by atoms with Crippen LogP contribution in [0.5, 0.6) is 0 Å². The Balaban J connectivity index is 1.95. The van der Waals surface area contributed by atoms with E-state index >= 15 is 0 Å². The van der Waals surface area contributed by atoms with Crippen LogP contribution in [0.15, 0.2) is 36.4 Å². The predicted octanol–water partition coefficient (Wildman–Crippen LogP) is 6.50. The largest absolute Gasteiger partial charge is 0.388 e. The van der Waals surface area contributed by atoms with E-state index in [0.29, 0.717) is 18.1 Å². The van der Waals surface area contributed by atoms with Gasteiger partial charge in [0.2, 0.25) is 0 Å². The van der Waals surface area contributed by atoms with Crippen LogP contribution < -0.4 is 0 Å². The highest BCUT2D eigenvalue weighted by Gasteiger charge is 2.34. The van der Waals surface area contributed by atoms with E-state index in [0.717, 1.165) is 37.7 Å². The van der Waals surface area contributed by atoms with Gasteiger partial charge in [0.1, 0.15) is 5.78 Å². The summed E-state index contributed by atoms with van der Waals surface area (Å²) in [6.45, 7) is 4.38. The molecule has 1 aromatic carbocycles. The maximum absolute atomic E-state index is 12.3. The van der Waals surface area contributed by atoms with Gasteiger partial charge >= 0.3 is 0 Å². The van der Waals surface area contributed by atoms with E-state index in [-0.39, 0.29) is 12.0 Å². The third-order valence-corrected chi connectivity index (χ3v) is 5.71. The van der Waals surface area contributed by atoms with Gasteiger partial charge in [0.25, 0.3) is 0 Å². The van der Waals surface area contributed by atoms with Gasteiger partial charge in [-0.1, -0.05) is 82.4 Å². The summed E-state index contributed by atoms with van der Waals surface area (Å²) < 4.78 is 0. The van der Waals surface area contributed by atoms with Crippen LogP contribution in [0.3, 0.4) is 0 Å². The molecule has 0 heterocycles. The SMILES string of the molecule is CCCC/C=C/CC1C(=O)CCC1c1ccc(C(O)CCCCC)cc1. The molecule has 0 bridgehead atoms. The van der Waals surface area contributed by atoms with Crippen molar-refractivity contribution in [3.8, 4) is 0 Å². The molecule has 0 aliphatic heterocycles. The molecule has 2 heteroatoms. The summed E-state index contributed by atoms with van der Waals surface area (Å²) in [6.07, 6.45) is 14.4. The molecule has 0 amide bonds. The fourth-order valence-corrected chi connectivity index (χ4v) is 4.01. The number of aliphatic hydroxyl groups excluding tert-OH is 1. The smallest absolute Gasteiger partial charge is 0.136 e. The number of carbonyl (C=O) groups excluding carboxylic acids is 1. The van der Waals surface area contributed by atoms with Crippen LogP contribution in [-0.2, 0) is 4.79 Å². The van der Waals surface area contributed by atoms with Crippen LogP contribution in [0, 0.1) is 5.92 Å². The van der Waals surface area contributed by atoms with Crippen molar-refractivity contribution in [1.82, 2.24) is 0 Å². The number of benzene rings is 1. The molecule has 2 nitrogen and oxygen atoms in total. The number of rotatable bonds is 11. The van der Waals surface area contributed by atoms with Crippen molar-refractivity contribution in [1.29, 1.82) is 0 Å². The molecule has 0 spiro atoms. The summed E-state index contributed by atoms with van der Waals surface area (Å²) >= 11 is 0. The fourth-order valence-electron chi connectivity index (χ4n) is 4.01. The molecule has 0 radical (unpaired) electrons. The normalized spacial score (nSPS) is 21.6. The Morgan fingerprint density at radius 1 is 1.08 bits per heavy atom. The summed E-state index contributed by atoms with van der Waals surface area (Å²) in [5.74, 6) is 0.886. The number of ketones is 1. The first-order chi connectivity index (χ1) is 12.7. The highest BCUT2D eigenvalue weighted by atomic mass is 16.3. The number of carbonyl (C=O) groups is 1. The first kappa shape index (κ1) is 20.9. The highest BCUT2D eigenvalue weighted by molar-refractivity contribution is 5.84. The number of aliphatic hydroxyl groups is 1. The van der Waals surface area contributed by atoms with E-state index in [2.05, 4.69) is 50.3 Å². The third kappa shape index (κ3) is 6.09. The lowest BCUT2D eigenvalue weighted by Crippen LogP contribution is -2.12. The van der Waals surface area contributed by atoms with Crippen molar-refractivity contribution in [2.45, 2.75) is 90.1 Å². The zero-order chi connectivity index (χ0) is 18.8. The first-order valence-electron chi connectivity index (χ1n) is 10.6. The standard InChI is InChI=1S/C24H36O2/c1-3-5-7-8-10-11-22-21(17-18-24(22)26)19-13-15-20(16-14-19)23(25)12-9-6-4-2/h8,10,13-16,21-23,25H,3-7,9,11-12,17-18H2,1-2H3/b10-8+. The summed E-state index contributed by atoms with van der Waals surface area (Å²) in [7, 11) is 0. The molecule has 0 aromatic heterocycles. The zero-order valence-electron chi connectivity index (χ0n) is 16.6. The van der Waals surface area contributed by atoms with Crippen LogP contribution in [-0.4, -0.2) is 10.9 Å². The van der Waals surface area contributed by atoms with Crippen molar-refractivity contribution in [3.63, 3.8) is 0 Å². The summed E-state index contributed by atoms with van der Waals surface area (Å²) in [6, 6.07) is 8.39. The van der Waals surface area contributed by atoms with Crippen LogP contribution >= 0.6 is 0 Å². The second-order valence-electron chi connectivity index (χ2n) is 7.75. The minimum Gasteiger partial charge on any atom is -0.388 e. The summed E-state index contributed by atoms with van der Waals surface area (Å²) in [4.78, 5) is 12.3. The average molecular weight is 357 g/mol. The summed E-state index contributed by atoms with van der Waals surface area (Å²) in [5.41, 5.74) is 2.26. The molecule has 1 N–H and O–H groups in total. The zero-order valence-corrected chi connectivity index (χ0v) is 16.6. The van der Waals surface area contributed by atoms with Gasteiger partial charge in [0.15, 0.2) is 0 Å². The molecule has 1 aliphatic carbocycles. The molecule has 1 saturated carbocycles. The second-order valence-corrected chi connectivity index (χ2v) is 7.75. The van der Waals surface area contributed by atoms with Gasteiger partial charge in [0.05, 0.1) is 6.10 Å². The topological polar surface area (TPSA) is 37.3 Å². The third-order valence-electron chi connectivity index (χ3n) is 5.71. The van der Waals surface area contributed by atoms with E-state index < -0.39 is 0 Å². The monoisotopic (exact) mass is 356 g/mol. The number of unbranched alkanes of at least 4 members (excludes halogenated alkanes) is 4. The number of hydrogen-bond donors (Lipinski definition) is 1. The minimum atomic E-state index is -0.363. The van der Waals surface area contributed by atoms with Crippen molar-refractivity contribution in [2.75, 3.05) is 0 Å². The highest BCUT2D eigenvalue weighted by Crippen LogP contribution is 2.40. The molecule has 0 saturated heterocycles. The van der Waals surface area contributed by atoms with E-state index in [4.69, 9.17) is 0 Å². The molecular formula is C24H36O2. The molecule has 3 atom stereocenters. The molecule has 2 rings (SSSR count). The van der Waals surface area contributed by atoms with Crippen molar-refractivity contribution >= 4 is 5.78 Å². The Labute approximate surface area is 159 Å². The van der Waals surface area contributed by atoms with Crippen LogP contribution in [0.4, 0.5) is 0 Å². The lowest BCUT2D eigenvalue weighted by molar-refractivity contribution is -0.120.